The van der Waals surface area contributed by atoms with Crippen LogP contribution in [0, 0.1) is 5.92 Å². The lowest BCUT2D eigenvalue weighted by atomic mass is 9.98. The lowest BCUT2D eigenvalue weighted by molar-refractivity contribution is -0.140. The number of nitrogens with two attached hydrogens (primary N) is 1. The number of amides is 1. The number of fused-ring (bicyclic) bond motifs is 1. The summed E-state index contributed by atoms with van der Waals surface area (Å²) in [5, 5.41) is 11.8. The number of aliphatic hydroxyl groups is 1. The van der Waals surface area contributed by atoms with Gasteiger partial charge in [-0.05, 0) is 42.5 Å². The van der Waals surface area contributed by atoms with Crippen LogP contribution in [0.4, 0.5) is 22.0 Å². The van der Waals surface area contributed by atoms with Gasteiger partial charge < -0.3 is 25.3 Å². The number of alkyl halides is 4. The number of allylic oxidation sites excluding steroid dienone is 3. The first kappa shape index (κ1) is 26.8. The molecule has 1 aliphatic rings. The lowest BCUT2D eigenvalue weighted by Gasteiger charge is -2.18. The van der Waals surface area contributed by atoms with Gasteiger partial charge in [-0.2, -0.15) is 13.2 Å². The van der Waals surface area contributed by atoms with Gasteiger partial charge in [0.05, 0.1) is 19.4 Å². The van der Waals surface area contributed by atoms with Gasteiger partial charge in [0.2, 0.25) is 5.89 Å². The maximum absolute atomic E-state index is 14.1. The molecule has 0 bridgehead atoms. The van der Waals surface area contributed by atoms with Crippen molar-refractivity contribution < 1.29 is 41.0 Å². The van der Waals surface area contributed by atoms with Crippen molar-refractivity contribution in [3.8, 4) is 17.2 Å². The number of nitrogens with one attached hydrogen (secondary N) is 1. The van der Waals surface area contributed by atoms with Crippen molar-refractivity contribution in [2.75, 3.05) is 13.7 Å². The highest BCUT2D eigenvalue weighted by Gasteiger charge is 2.33. The van der Waals surface area contributed by atoms with Crippen molar-refractivity contribution in [3.63, 3.8) is 0 Å². The van der Waals surface area contributed by atoms with E-state index in [1.807, 2.05) is 0 Å². The van der Waals surface area contributed by atoms with Crippen LogP contribution < -0.4 is 15.8 Å². The Bertz CT molecular complexity index is 1450. The average Bonchev–Trinajstić information content (AvgIpc) is 3.32. The summed E-state index contributed by atoms with van der Waals surface area (Å²) in [4.78, 5) is 20.9. The van der Waals surface area contributed by atoms with E-state index in [0.29, 0.717) is 6.26 Å². The maximum atomic E-state index is 14.1. The minimum absolute atomic E-state index is 0.0614. The van der Waals surface area contributed by atoms with Crippen LogP contribution in [-0.2, 0) is 6.18 Å². The number of methoxy groups -OCH3 is 1. The molecule has 1 aromatic carbocycles. The van der Waals surface area contributed by atoms with Crippen molar-refractivity contribution >= 4 is 16.8 Å². The van der Waals surface area contributed by atoms with Crippen LogP contribution in [0.25, 0.3) is 22.4 Å². The van der Waals surface area contributed by atoms with Gasteiger partial charge in [-0.15, -0.1) is 0 Å². The van der Waals surface area contributed by atoms with Crippen LogP contribution in [0.3, 0.4) is 0 Å². The van der Waals surface area contributed by atoms with Crippen LogP contribution in [-0.4, -0.2) is 40.8 Å². The number of carbonyl (C=O) groups excluding carboxylic acids is 1. The molecule has 1 aliphatic carbocycles. The van der Waals surface area contributed by atoms with Gasteiger partial charge in [-0.3, -0.25) is 4.79 Å². The van der Waals surface area contributed by atoms with E-state index in [1.54, 1.807) is 0 Å². The molecule has 4 rings (SSSR count). The molecule has 0 spiro atoms. The van der Waals surface area contributed by atoms with Crippen LogP contribution in [0.2, 0.25) is 0 Å². The number of pyridine rings is 1. The van der Waals surface area contributed by atoms with Gasteiger partial charge in [0.15, 0.2) is 11.5 Å². The standard InChI is InChI=1S/C25H21F5N4O4/c1-37-18-6-4-15(14-5-7-19(25(28,29)30)33-20(14)18)24-34-21(22(38-24)17(31)8-9-35)23(36)32-11-12-2-3-13(26)10-16(12)27/h2-10,12,16-17,35H,11,31H2,1H3,(H,32,36)/b9-8+. The number of ether oxygens (including phenoxy) is 1. The normalized spacial score (nSPS) is 18.6. The van der Waals surface area contributed by atoms with Gasteiger partial charge in [0, 0.05) is 23.4 Å². The van der Waals surface area contributed by atoms with Crippen molar-refractivity contribution in [3.05, 3.63) is 77.8 Å². The van der Waals surface area contributed by atoms with Crippen LogP contribution in [0.5, 0.6) is 5.75 Å². The van der Waals surface area contributed by atoms with Crippen LogP contribution in [0.15, 0.2) is 65.1 Å². The van der Waals surface area contributed by atoms with E-state index in [9.17, 15) is 26.7 Å². The molecule has 0 aliphatic heterocycles. The van der Waals surface area contributed by atoms with Crippen molar-refractivity contribution in [2.45, 2.75) is 18.4 Å². The van der Waals surface area contributed by atoms with E-state index in [0.717, 1.165) is 24.3 Å². The van der Waals surface area contributed by atoms with E-state index in [2.05, 4.69) is 15.3 Å². The summed E-state index contributed by atoms with van der Waals surface area (Å²) in [6.45, 7) is -0.206. The number of hydrogen-bond donors (Lipinski definition) is 3. The Balaban J connectivity index is 1.74. The number of oxazole rings is 1. The van der Waals surface area contributed by atoms with E-state index in [4.69, 9.17) is 20.0 Å². The number of aromatic nitrogens is 2. The van der Waals surface area contributed by atoms with E-state index in [-0.39, 0.29) is 46.1 Å². The fraction of sp³-hybridized carbons (Fsp3) is 0.240. The molecule has 38 heavy (non-hydrogen) atoms. The quantitative estimate of drug-likeness (QED) is 0.284. The third-order valence-corrected chi connectivity index (χ3v) is 5.75. The maximum Gasteiger partial charge on any atom is 0.433 e. The summed E-state index contributed by atoms with van der Waals surface area (Å²) in [6.07, 6.45) is -1.46. The predicted octanol–water partition coefficient (Wildman–Crippen LogP) is 5.10. The highest BCUT2D eigenvalue weighted by Crippen LogP contribution is 2.37. The molecule has 1 amide bonds. The molecular formula is C25H21F5N4O4. The highest BCUT2D eigenvalue weighted by atomic mass is 19.4. The molecule has 13 heteroatoms. The minimum atomic E-state index is -4.70. The zero-order valence-corrected chi connectivity index (χ0v) is 19.7. The summed E-state index contributed by atoms with van der Waals surface area (Å²) >= 11 is 0. The van der Waals surface area contributed by atoms with Gasteiger partial charge in [0.25, 0.3) is 5.91 Å². The molecule has 2 heterocycles. The number of aliphatic hydroxyl groups excluding tert-OH is 1. The van der Waals surface area contributed by atoms with E-state index >= 15 is 0 Å². The summed E-state index contributed by atoms with van der Waals surface area (Å²) < 4.78 is 78.0. The third-order valence-electron chi connectivity index (χ3n) is 5.75. The van der Waals surface area contributed by atoms with Crippen molar-refractivity contribution in [2.24, 2.45) is 11.7 Å². The molecule has 3 unspecified atom stereocenters. The fourth-order valence-electron chi connectivity index (χ4n) is 3.84. The molecule has 8 nitrogen and oxygen atoms in total. The van der Waals surface area contributed by atoms with Gasteiger partial charge in [-0.1, -0.05) is 6.08 Å². The lowest BCUT2D eigenvalue weighted by Crippen LogP contribution is -2.33. The predicted molar refractivity (Wildman–Crippen MR) is 127 cm³/mol. The fourth-order valence-corrected chi connectivity index (χ4v) is 3.84. The Hall–Kier alpha value is -4.26. The Kier molecular flexibility index (Phi) is 7.49. The average molecular weight is 536 g/mol. The largest absolute Gasteiger partial charge is 0.516 e. The second-order valence-electron chi connectivity index (χ2n) is 8.23. The smallest absolute Gasteiger partial charge is 0.433 e. The second-order valence-corrected chi connectivity index (χ2v) is 8.23. The number of halogens is 5. The third kappa shape index (κ3) is 5.37. The number of carbonyl (C=O) groups is 1. The first-order chi connectivity index (χ1) is 18.0. The number of rotatable bonds is 7. The van der Waals surface area contributed by atoms with Crippen molar-refractivity contribution in [1.82, 2.24) is 15.3 Å². The molecule has 0 saturated carbocycles. The van der Waals surface area contributed by atoms with Crippen molar-refractivity contribution in [1.29, 1.82) is 0 Å². The topological polar surface area (TPSA) is 124 Å². The summed E-state index contributed by atoms with van der Waals surface area (Å²) in [5.41, 5.74) is 4.62. The molecule has 0 saturated heterocycles. The number of hydrogen-bond acceptors (Lipinski definition) is 7. The number of benzene rings is 1. The first-order valence-corrected chi connectivity index (χ1v) is 11.1. The SMILES string of the molecule is COc1ccc(-c2nc(C(=O)NCC3C=CC(F)=CC3F)c(C(N)/C=C/O)o2)c2ccc(C(F)(F)F)nc12. The summed E-state index contributed by atoms with van der Waals surface area (Å²) in [6, 6.07) is 3.64. The van der Waals surface area contributed by atoms with Crippen LogP contribution >= 0.6 is 0 Å². The highest BCUT2D eigenvalue weighted by molar-refractivity contribution is 5.98. The van der Waals surface area contributed by atoms with Gasteiger partial charge >= 0.3 is 6.18 Å². The molecular weight excluding hydrogens is 515 g/mol. The van der Waals surface area contributed by atoms with Crippen LogP contribution in [0.1, 0.15) is 28.0 Å². The monoisotopic (exact) mass is 536 g/mol. The van der Waals surface area contributed by atoms with Gasteiger partial charge in [0.1, 0.15) is 29.0 Å². The molecule has 4 N–H and O–H groups in total. The molecule has 200 valence electrons. The molecule has 0 radical (unpaired) electrons. The Labute approximate surface area is 212 Å². The Morgan fingerprint density at radius 1 is 1.29 bits per heavy atom. The Morgan fingerprint density at radius 2 is 2.05 bits per heavy atom. The first-order valence-electron chi connectivity index (χ1n) is 11.1. The second kappa shape index (κ2) is 10.6. The molecule has 3 atom stereocenters. The Morgan fingerprint density at radius 3 is 2.71 bits per heavy atom. The zero-order valence-electron chi connectivity index (χ0n) is 19.7. The molecule has 3 aromatic rings. The zero-order chi connectivity index (χ0) is 27.6. The van der Waals surface area contributed by atoms with Gasteiger partial charge in [-0.25, -0.2) is 18.7 Å². The van der Waals surface area contributed by atoms with E-state index < -0.39 is 41.7 Å². The molecule has 2 aromatic heterocycles. The summed E-state index contributed by atoms with van der Waals surface area (Å²) in [7, 11) is 1.27. The number of nitrogens with zero attached hydrogens (tertiary/aromatic N) is 2. The minimum Gasteiger partial charge on any atom is -0.516 e. The molecule has 0 fully saturated rings. The summed E-state index contributed by atoms with van der Waals surface area (Å²) in [5.74, 6) is -2.65. The van der Waals surface area contributed by atoms with E-state index in [1.165, 1.54) is 31.4 Å².